The summed E-state index contributed by atoms with van der Waals surface area (Å²) in [6, 6.07) is 4.01. The van der Waals surface area contributed by atoms with Crippen molar-refractivity contribution in [3.05, 3.63) is 21.3 Å². The minimum atomic E-state index is 0.461. The molecule has 0 aromatic carbocycles. The van der Waals surface area contributed by atoms with Crippen LogP contribution in [-0.4, -0.2) is 6.54 Å². The zero-order chi connectivity index (χ0) is 9.14. The van der Waals surface area contributed by atoms with Gasteiger partial charge >= 0.3 is 0 Å². The van der Waals surface area contributed by atoms with Crippen LogP contribution in [0.1, 0.15) is 24.6 Å². The van der Waals surface area contributed by atoms with Gasteiger partial charge in [0.25, 0.3) is 0 Å². The van der Waals surface area contributed by atoms with Gasteiger partial charge in [0.2, 0.25) is 0 Å². The van der Waals surface area contributed by atoms with Gasteiger partial charge in [-0.3, -0.25) is 0 Å². The van der Waals surface area contributed by atoms with E-state index in [4.69, 9.17) is 17.3 Å². The molecule has 0 aliphatic carbocycles. The van der Waals surface area contributed by atoms with E-state index in [0.717, 1.165) is 4.34 Å². The minimum Gasteiger partial charge on any atom is -0.330 e. The molecule has 1 aromatic heterocycles. The zero-order valence-electron chi connectivity index (χ0n) is 7.38. The SMILES string of the molecule is CC(C)C(CN)c1ccc(Cl)s1. The van der Waals surface area contributed by atoms with Gasteiger partial charge in [-0.25, -0.2) is 0 Å². The fraction of sp³-hybridized carbons (Fsp3) is 0.556. The molecule has 0 spiro atoms. The first-order valence-corrected chi connectivity index (χ1v) is 5.30. The first-order chi connectivity index (χ1) is 5.65. The van der Waals surface area contributed by atoms with E-state index in [-0.39, 0.29) is 0 Å². The Balaban J connectivity index is 2.80. The lowest BCUT2D eigenvalue weighted by Gasteiger charge is -2.16. The van der Waals surface area contributed by atoms with Crippen molar-refractivity contribution in [3.8, 4) is 0 Å². The van der Waals surface area contributed by atoms with Crippen molar-refractivity contribution < 1.29 is 0 Å². The molecule has 1 atom stereocenters. The molecule has 68 valence electrons. The average molecular weight is 204 g/mol. The molecule has 2 N–H and O–H groups in total. The Morgan fingerprint density at radius 3 is 2.50 bits per heavy atom. The van der Waals surface area contributed by atoms with E-state index in [1.165, 1.54) is 4.88 Å². The van der Waals surface area contributed by atoms with E-state index in [1.54, 1.807) is 11.3 Å². The first kappa shape index (κ1) is 10.0. The third kappa shape index (κ3) is 2.22. The van der Waals surface area contributed by atoms with Crippen LogP contribution in [0.2, 0.25) is 4.34 Å². The lowest BCUT2D eigenvalue weighted by molar-refractivity contribution is 0.513. The molecule has 1 rings (SSSR count). The maximum atomic E-state index is 5.84. The van der Waals surface area contributed by atoms with E-state index in [1.807, 2.05) is 6.07 Å². The fourth-order valence-corrected chi connectivity index (χ4v) is 2.59. The molecule has 0 radical (unpaired) electrons. The molecule has 1 nitrogen and oxygen atoms in total. The number of hydrogen-bond acceptors (Lipinski definition) is 2. The maximum Gasteiger partial charge on any atom is 0.0931 e. The van der Waals surface area contributed by atoms with Gasteiger partial charge in [0, 0.05) is 17.3 Å². The van der Waals surface area contributed by atoms with Crippen molar-refractivity contribution >= 4 is 22.9 Å². The van der Waals surface area contributed by atoms with Crippen molar-refractivity contribution in [2.45, 2.75) is 19.8 Å². The smallest absolute Gasteiger partial charge is 0.0931 e. The molecule has 12 heavy (non-hydrogen) atoms. The Hall–Kier alpha value is -0.0500. The van der Waals surface area contributed by atoms with Crippen LogP contribution in [0.25, 0.3) is 0 Å². The quantitative estimate of drug-likeness (QED) is 0.803. The lowest BCUT2D eigenvalue weighted by atomic mass is 9.95. The average Bonchev–Trinajstić information content (AvgIpc) is 2.37. The largest absolute Gasteiger partial charge is 0.330 e. The molecule has 0 saturated heterocycles. The molecule has 1 aromatic rings. The second-order valence-electron chi connectivity index (χ2n) is 3.23. The van der Waals surface area contributed by atoms with Crippen LogP contribution in [0, 0.1) is 5.92 Å². The van der Waals surface area contributed by atoms with Gasteiger partial charge in [-0.2, -0.15) is 0 Å². The molecule has 0 saturated carbocycles. The van der Waals surface area contributed by atoms with Gasteiger partial charge in [-0.05, 0) is 18.1 Å². The maximum absolute atomic E-state index is 5.84. The third-order valence-corrected chi connectivity index (χ3v) is 3.38. The summed E-state index contributed by atoms with van der Waals surface area (Å²) in [7, 11) is 0. The summed E-state index contributed by atoms with van der Waals surface area (Å²) in [5, 5.41) is 0. The number of rotatable bonds is 3. The fourth-order valence-electron chi connectivity index (χ4n) is 1.24. The number of nitrogens with two attached hydrogens (primary N) is 1. The van der Waals surface area contributed by atoms with Gasteiger partial charge in [0.05, 0.1) is 4.34 Å². The molecule has 0 fully saturated rings. The van der Waals surface area contributed by atoms with Crippen molar-refractivity contribution in [2.24, 2.45) is 11.7 Å². The second kappa shape index (κ2) is 4.26. The molecular formula is C9H14ClNS. The third-order valence-electron chi connectivity index (χ3n) is 2.02. The van der Waals surface area contributed by atoms with Crippen molar-refractivity contribution in [3.63, 3.8) is 0 Å². The van der Waals surface area contributed by atoms with E-state index < -0.39 is 0 Å². The van der Waals surface area contributed by atoms with Gasteiger partial charge in [-0.15, -0.1) is 11.3 Å². The summed E-state index contributed by atoms with van der Waals surface area (Å²) in [4.78, 5) is 1.30. The van der Waals surface area contributed by atoms with Gasteiger partial charge in [0.1, 0.15) is 0 Å². The highest BCUT2D eigenvalue weighted by atomic mass is 35.5. The minimum absolute atomic E-state index is 0.461. The summed E-state index contributed by atoms with van der Waals surface area (Å²) in [6.45, 7) is 5.07. The Morgan fingerprint density at radius 2 is 2.17 bits per heavy atom. The molecular weight excluding hydrogens is 190 g/mol. The molecule has 1 unspecified atom stereocenters. The normalized spacial score (nSPS) is 13.8. The Labute approximate surface area is 82.5 Å². The number of thiophene rings is 1. The van der Waals surface area contributed by atoms with Crippen LogP contribution in [-0.2, 0) is 0 Å². The molecule has 1 heterocycles. The summed E-state index contributed by atoms with van der Waals surface area (Å²) in [6.07, 6.45) is 0. The Morgan fingerprint density at radius 1 is 1.50 bits per heavy atom. The zero-order valence-corrected chi connectivity index (χ0v) is 8.95. The molecule has 3 heteroatoms. The van der Waals surface area contributed by atoms with E-state index >= 15 is 0 Å². The highest BCUT2D eigenvalue weighted by Gasteiger charge is 2.15. The Bertz CT molecular complexity index is 244. The summed E-state index contributed by atoms with van der Waals surface area (Å²) >= 11 is 7.48. The molecule has 0 aliphatic heterocycles. The molecule has 0 bridgehead atoms. The van der Waals surface area contributed by atoms with Gasteiger partial charge < -0.3 is 5.73 Å². The summed E-state index contributed by atoms with van der Waals surface area (Å²) < 4.78 is 0.851. The summed E-state index contributed by atoms with van der Waals surface area (Å²) in [5.41, 5.74) is 5.68. The van der Waals surface area contributed by atoms with E-state index in [0.29, 0.717) is 18.4 Å². The lowest BCUT2D eigenvalue weighted by Crippen LogP contribution is -2.16. The predicted octanol–water partition coefficient (Wildman–Crippen LogP) is 3.10. The second-order valence-corrected chi connectivity index (χ2v) is 4.97. The number of hydrogen-bond donors (Lipinski definition) is 1. The highest BCUT2D eigenvalue weighted by Crippen LogP contribution is 2.31. The highest BCUT2D eigenvalue weighted by molar-refractivity contribution is 7.16. The van der Waals surface area contributed by atoms with Crippen LogP contribution in [0.4, 0.5) is 0 Å². The van der Waals surface area contributed by atoms with Gasteiger partial charge in [-0.1, -0.05) is 25.4 Å². The summed E-state index contributed by atoms with van der Waals surface area (Å²) in [5.74, 6) is 1.05. The van der Waals surface area contributed by atoms with Crippen LogP contribution in [0.5, 0.6) is 0 Å². The standard InChI is InChI=1S/C9H14ClNS/c1-6(2)7(5-11)8-3-4-9(10)12-8/h3-4,6-7H,5,11H2,1-2H3. The van der Waals surface area contributed by atoms with Crippen LogP contribution in [0.3, 0.4) is 0 Å². The van der Waals surface area contributed by atoms with Crippen molar-refractivity contribution in [1.82, 2.24) is 0 Å². The van der Waals surface area contributed by atoms with Crippen LogP contribution in [0.15, 0.2) is 12.1 Å². The van der Waals surface area contributed by atoms with E-state index in [2.05, 4.69) is 19.9 Å². The Kier molecular flexibility index (Phi) is 3.56. The molecule has 0 aliphatic rings. The van der Waals surface area contributed by atoms with Crippen LogP contribution >= 0.6 is 22.9 Å². The first-order valence-electron chi connectivity index (χ1n) is 4.10. The predicted molar refractivity (Wildman–Crippen MR) is 56.0 cm³/mol. The molecule has 0 amide bonds. The van der Waals surface area contributed by atoms with Crippen molar-refractivity contribution in [2.75, 3.05) is 6.54 Å². The van der Waals surface area contributed by atoms with Gasteiger partial charge in [0.15, 0.2) is 0 Å². The monoisotopic (exact) mass is 203 g/mol. The van der Waals surface area contributed by atoms with Crippen molar-refractivity contribution in [1.29, 1.82) is 0 Å². The van der Waals surface area contributed by atoms with Crippen LogP contribution < -0.4 is 5.73 Å². The topological polar surface area (TPSA) is 26.0 Å². The number of halogens is 1. The van der Waals surface area contributed by atoms with E-state index in [9.17, 15) is 0 Å².